The van der Waals surface area contributed by atoms with Gasteiger partial charge in [0.05, 0.1) is 0 Å². The molecular formula is C10H23N3O. The van der Waals surface area contributed by atoms with Crippen LogP contribution in [0.5, 0.6) is 0 Å². The first kappa shape index (κ1) is 13.2. The fourth-order valence-corrected chi connectivity index (χ4v) is 1.45. The van der Waals surface area contributed by atoms with Crippen LogP contribution in [0, 0.1) is 5.41 Å². The van der Waals surface area contributed by atoms with Crippen molar-refractivity contribution in [1.82, 2.24) is 15.5 Å². The molecule has 0 fully saturated rings. The van der Waals surface area contributed by atoms with E-state index in [2.05, 4.69) is 29.4 Å². The highest BCUT2D eigenvalue weighted by molar-refractivity contribution is 5.73. The second-order valence-electron chi connectivity index (χ2n) is 4.62. The largest absolute Gasteiger partial charge is 0.338 e. The van der Waals surface area contributed by atoms with Crippen LogP contribution in [-0.2, 0) is 0 Å². The first-order chi connectivity index (χ1) is 6.37. The van der Waals surface area contributed by atoms with Gasteiger partial charge >= 0.3 is 6.03 Å². The normalized spacial score (nSPS) is 11.6. The number of urea groups is 1. The smallest absolute Gasteiger partial charge is 0.314 e. The third-order valence-electron chi connectivity index (χ3n) is 1.81. The van der Waals surface area contributed by atoms with Crippen LogP contribution in [0.1, 0.15) is 20.8 Å². The third kappa shape index (κ3) is 6.71. The number of carbonyl (C=O) groups is 1. The second kappa shape index (κ2) is 5.86. The molecule has 4 heteroatoms. The molecule has 0 bridgehead atoms. The molecule has 0 radical (unpaired) electrons. The van der Waals surface area contributed by atoms with Gasteiger partial charge in [-0.15, -0.1) is 0 Å². The lowest BCUT2D eigenvalue weighted by molar-refractivity contribution is 0.216. The lowest BCUT2D eigenvalue weighted by atomic mass is 9.93. The number of hydrogen-bond acceptors (Lipinski definition) is 2. The zero-order valence-corrected chi connectivity index (χ0v) is 9.98. The van der Waals surface area contributed by atoms with Crippen LogP contribution in [0.15, 0.2) is 0 Å². The highest BCUT2D eigenvalue weighted by Gasteiger charge is 2.19. The van der Waals surface area contributed by atoms with Gasteiger partial charge in [0.25, 0.3) is 0 Å². The molecular weight excluding hydrogens is 178 g/mol. The number of amides is 2. The molecule has 2 amide bonds. The quantitative estimate of drug-likeness (QED) is 0.694. The Hall–Kier alpha value is -0.770. The molecule has 84 valence electrons. The molecule has 0 saturated heterocycles. The Kier molecular flexibility index (Phi) is 5.53. The maximum Gasteiger partial charge on any atom is 0.314 e. The fraction of sp³-hybridized carbons (Fsp3) is 0.900. The van der Waals surface area contributed by atoms with Gasteiger partial charge < -0.3 is 15.5 Å². The molecule has 0 aliphatic rings. The third-order valence-corrected chi connectivity index (χ3v) is 1.81. The van der Waals surface area contributed by atoms with E-state index in [1.165, 1.54) is 0 Å². The number of carbonyl (C=O) groups excluding carboxylic acids is 1. The van der Waals surface area contributed by atoms with Gasteiger partial charge in [-0.3, -0.25) is 0 Å². The molecule has 0 unspecified atom stereocenters. The Morgan fingerprint density at radius 3 is 2.29 bits per heavy atom. The number of rotatable bonds is 5. The number of nitrogens with one attached hydrogen (secondary N) is 2. The highest BCUT2D eigenvalue weighted by atomic mass is 16.2. The molecule has 0 aliphatic carbocycles. The van der Waals surface area contributed by atoms with Crippen LogP contribution in [0.25, 0.3) is 0 Å². The molecule has 0 spiro atoms. The predicted molar refractivity (Wildman–Crippen MR) is 59.4 cm³/mol. The number of nitrogens with zero attached hydrogens (tertiary/aromatic N) is 1. The van der Waals surface area contributed by atoms with Crippen molar-refractivity contribution in [2.24, 2.45) is 5.41 Å². The maximum absolute atomic E-state index is 11.1. The van der Waals surface area contributed by atoms with Gasteiger partial charge in [0, 0.05) is 19.6 Å². The van der Waals surface area contributed by atoms with Crippen LogP contribution < -0.4 is 10.6 Å². The van der Waals surface area contributed by atoms with Gasteiger partial charge in [0.1, 0.15) is 0 Å². The summed E-state index contributed by atoms with van der Waals surface area (Å²) in [5.74, 6) is 0. The Morgan fingerprint density at radius 2 is 1.86 bits per heavy atom. The first-order valence-corrected chi connectivity index (χ1v) is 5.04. The molecule has 0 heterocycles. The number of hydrogen-bond donors (Lipinski definition) is 2. The van der Waals surface area contributed by atoms with E-state index in [9.17, 15) is 4.79 Å². The molecule has 2 N–H and O–H groups in total. The molecule has 0 saturated carbocycles. The van der Waals surface area contributed by atoms with E-state index in [0.29, 0.717) is 13.1 Å². The summed E-state index contributed by atoms with van der Waals surface area (Å²) in [6.45, 7) is 8.50. The van der Waals surface area contributed by atoms with Crippen LogP contribution in [0.4, 0.5) is 4.79 Å². The van der Waals surface area contributed by atoms with Gasteiger partial charge in [-0.25, -0.2) is 4.79 Å². The van der Waals surface area contributed by atoms with Crippen molar-refractivity contribution in [1.29, 1.82) is 0 Å². The van der Waals surface area contributed by atoms with Crippen LogP contribution in [0.3, 0.4) is 0 Å². The molecule has 0 aromatic heterocycles. The van der Waals surface area contributed by atoms with Crippen molar-refractivity contribution in [3.05, 3.63) is 0 Å². The summed E-state index contributed by atoms with van der Waals surface area (Å²) in [5.41, 5.74) is 0.106. The monoisotopic (exact) mass is 201 g/mol. The first-order valence-electron chi connectivity index (χ1n) is 5.04. The van der Waals surface area contributed by atoms with Crippen molar-refractivity contribution in [2.75, 3.05) is 33.7 Å². The Bertz CT molecular complexity index is 178. The Balaban J connectivity index is 3.80. The summed E-state index contributed by atoms with van der Waals surface area (Å²) in [5, 5.41) is 5.56. The summed E-state index contributed by atoms with van der Waals surface area (Å²) in [4.78, 5) is 13.3. The minimum Gasteiger partial charge on any atom is -0.338 e. The average molecular weight is 201 g/mol. The van der Waals surface area contributed by atoms with Gasteiger partial charge in [0.2, 0.25) is 0 Å². The summed E-state index contributed by atoms with van der Waals surface area (Å²) in [6, 6.07) is -0.0840. The maximum atomic E-state index is 11.1. The van der Waals surface area contributed by atoms with Crippen LogP contribution in [-0.4, -0.2) is 44.7 Å². The van der Waals surface area contributed by atoms with E-state index in [1.54, 1.807) is 0 Å². The van der Waals surface area contributed by atoms with E-state index in [4.69, 9.17) is 0 Å². The molecule has 0 aromatic rings. The molecule has 4 nitrogen and oxygen atoms in total. The summed E-state index contributed by atoms with van der Waals surface area (Å²) in [6.07, 6.45) is 0. The molecule has 0 aliphatic heterocycles. The zero-order chi connectivity index (χ0) is 11.2. The van der Waals surface area contributed by atoms with E-state index in [0.717, 1.165) is 6.54 Å². The topological polar surface area (TPSA) is 44.4 Å². The van der Waals surface area contributed by atoms with Crippen molar-refractivity contribution in [3.63, 3.8) is 0 Å². The van der Waals surface area contributed by atoms with Crippen LogP contribution >= 0.6 is 0 Å². The minimum absolute atomic E-state index is 0.0840. The van der Waals surface area contributed by atoms with E-state index in [1.807, 2.05) is 21.0 Å². The average Bonchev–Trinajstić information content (AvgIpc) is 1.99. The van der Waals surface area contributed by atoms with Crippen molar-refractivity contribution < 1.29 is 4.79 Å². The van der Waals surface area contributed by atoms with E-state index >= 15 is 0 Å². The fourth-order valence-electron chi connectivity index (χ4n) is 1.45. The summed E-state index contributed by atoms with van der Waals surface area (Å²) < 4.78 is 0. The van der Waals surface area contributed by atoms with E-state index in [-0.39, 0.29) is 11.4 Å². The molecule has 0 aromatic carbocycles. The predicted octanol–water partition coefficient (Wildman–Crippen LogP) is 0.893. The van der Waals surface area contributed by atoms with E-state index < -0.39 is 0 Å². The Morgan fingerprint density at radius 1 is 1.29 bits per heavy atom. The summed E-state index contributed by atoms with van der Waals surface area (Å²) >= 11 is 0. The standard InChI is InChI=1S/C10H23N3O/c1-6-11-9(14)12-7-10(2,3)8-13(4)5/h6-8H2,1-5H3,(H2,11,12,14). The van der Waals surface area contributed by atoms with Gasteiger partial charge in [-0.2, -0.15) is 0 Å². The lowest BCUT2D eigenvalue weighted by Gasteiger charge is -2.28. The zero-order valence-electron chi connectivity index (χ0n) is 9.98. The molecule has 0 rings (SSSR count). The second-order valence-corrected chi connectivity index (χ2v) is 4.62. The van der Waals surface area contributed by atoms with Gasteiger partial charge in [-0.1, -0.05) is 13.8 Å². The molecule has 0 atom stereocenters. The SMILES string of the molecule is CCNC(=O)NCC(C)(C)CN(C)C. The minimum atomic E-state index is -0.0840. The van der Waals surface area contributed by atoms with Gasteiger partial charge in [-0.05, 0) is 26.4 Å². The highest BCUT2D eigenvalue weighted by Crippen LogP contribution is 2.13. The van der Waals surface area contributed by atoms with Crippen molar-refractivity contribution in [2.45, 2.75) is 20.8 Å². The van der Waals surface area contributed by atoms with Crippen LogP contribution in [0.2, 0.25) is 0 Å². The summed E-state index contributed by atoms with van der Waals surface area (Å²) in [7, 11) is 4.07. The van der Waals surface area contributed by atoms with Crippen molar-refractivity contribution in [3.8, 4) is 0 Å². The van der Waals surface area contributed by atoms with Gasteiger partial charge in [0.15, 0.2) is 0 Å². The Labute approximate surface area is 87.0 Å². The molecule has 14 heavy (non-hydrogen) atoms. The lowest BCUT2D eigenvalue weighted by Crippen LogP contribution is -2.43. The van der Waals surface area contributed by atoms with Crippen molar-refractivity contribution >= 4 is 6.03 Å².